The Morgan fingerprint density at radius 1 is 1.32 bits per heavy atom. The average Bonchev–Trinajstić information content (AvgIpc) is 3.25. The Hall–Kier alpha value is -1.86. The summed E-state index contributed by atoms with van der Waals surface area (Å²) in [7, 11) is 1.90. The molecule has 152 valence electrons. The molecule has 1 saturated heterocycles. The molecular formula is C21H29BrN4O2. The minimum Gasteiger partial charge on any atom is -0.492 e. The second kappa shape index (κ2) is 9.56. The van der Waals surface area contributed by atoms with Crippen LogP contribution in [-0.2, 0) is 11.8 Å². The predicted molar refractivity (Wildman–Crippen MR) is 116 cm³/mol. The van der Waals surface area contributed by atoms with Crippen LogP contribution >= 0.6 is 15.9 Å². The fourth-order valence-electron chi connectivity index (χ4n) is 3.51. The van der Waals surface area contributed by atoms with Crippen molar-refractivity contribution in [2.75, 3.05) is 31.6 Å². The van der Waals surface area contributed by atoms with Crippen LogP contribution in [-0.4, -0.2) is 46.8 Å². The highest BCUT2D eigenvalue weighted by Gasteiger charge is 2.17. The Labute approximate surface area is 175 Å². The van der Waals surface area contributed by atoms with Gasteiger partial charge >= 0.3 is 0 Å². The van der Waals surface area contributed by atoms with Gasteiger partial charge in [0.2, 0.25) is 5.91 Å². The molecule has 1 aliphatic heterocycles. The van der Waals surface area contributed by atoms with Crippen LogP contribution < -0.4 is 10.1 Å². The van der Waals surface area contributed by atoms with Gasteiger partial charge in [-0.25, -0.2) is 0 Å². The number of aromatic nitrogens is 2. The number of halogens is 1. The maximum atomic E-state index is 12.2. The second-order valence-electron chi connectivity index (χ2n) is 7.72. The first-order chi connectivity index (χ1) is 13.4. The van der Waals surface area contributed by atoms with E-state index in [-0.39, 0.29) is 5.91 Å². The smallest absolute Gasteiger partial charge is 0.224 e. The highest BCUT2D eigenvalue weighted by atomic mass is 79.9. The van der Waals surface area contributed by atoms with E-state index in [4.69, 9.17) is 4.74 Å². The van der Waals surface area contributed by atoms with Crippen LogP contribution in [0, 0.1) is 5.92 Å². The Balaban J connectivity index is 1.80. The number of nitrogens with one attached hydrogen (secondary N) is 1. The summed E-state index contributed by atoms with van der Waals surface area (Å²) in [5.74, 6) is 1.14. The fraction of sp³-hybridized carbons (Fsp3) is 0.524. The first kappa shape index (κ1) is 20.9. The van der Waals surface area contributed by atoms with Crippen LogP contribution in [0.4, 0.5) is 5.69 Å². The quantitative estimate of drug-likeness (QED) is 0.653. The third kappa shape index (κ3) is 5.35. The average molecular weight is 449 g/mol. The monoisotopic (exact) mass is 448 g/mol. The number of benzene rings is 1. The van der Waals surface area contributed by atoms with E-state index in [9.17, 15) is 4.79 Å². The van der Waals surface area contributed by atoms with Crippen molar-refractivity contribution in [1.29, 1.82) is 0 Å². The molecule has 0 unspecified atom stereocenters. The van der Waals surface area contributed by atoms with E-state index in [1.54, 1.807) is 6.20 Å². The van der Waals surface area contributed by atoms with Gasteiger partial charge in [-0.3, -0.25) is 14.4 Å². The van der Waals surface area contributed by atoms with E-state index >= 15 is 0 Å². The summed E-state index contributed by atoms with van der Waals surface area (Å²) >= 11 is 3.58. The Kier molecular flexibility index (Phi) is 7.13. The summed E-state index contributed by atoms with van der Waals surface area (Å²) in [6, 6.07) is 5.80. The molecule has 1 N–H and O–H groups in total. The number of anilines is 1. The highest BCUT2D eigenvalue weighted by molar-refractivity contribution is 9.10. The molecule has 1 aromatic carbocycles. The minimum atomic E-state index is 0.0210. The molecule has 0 aliphatic carbocycles. The zero-order valence-electron chi connectivity index (χ0n) is 16.9. The van der Waals surface area contributed by atoms with Crippen molar-refractivity contribution in [1.82, 2.24) is 14.7 Å². The minimum absolute atomic E-state index is 0.0210. The largest absolute Gasteiger partial charge is 0.492 e. The topological polar surface area (TPSA) is 59.4 Å². The van der Waals surface area contributed by atoms with Crippen LogP contribution in [0.25, 0.3) is 11.3 Å². The summed E-state index contributed by atoms with van der Waals surface area (Å²) in [5, 5.41) is 7.32. The van der Waals surface area contributed by atoms with E-state index in [1.807, 2.05) is 43.8 Å². The lowest BCUT2D eigenvalue weighted by molar-refractivity contribution is -0.116. The number of hydrogen-bond donors (Lipinski definition) is 1. The van der Waals surface area contributed by atoms with Crippen molar-refractivity contribution in [3.8, 4) is 17.0 Å². The van der Waals surface area contributed by atoms with Gasteiger partial charge in [0, 0.05) is 31.3 Å². The lowest BCUT2D eigenvalue weighted by atomic mass is 10.1. The van der Waals surface area contributed by atoms with Crippen molar-refractivity contribution >= 4 is 27.5 Å². The fourth-order valence-corrected chi connectivity index (χ4v) is 4.07. The molecule has 0 spiro atoms. The van der Waals surface area contributed by atoms with Gasteiger partial charge in [0.1, 0.15) is 12.4 Å². The Morgan fingerprint density at radius 2 is 2.07 bits per heavy atom. The predicted octanol–water partition coefficient (Wildman–Crippen LogP) is 4.31. The number of carbonyl (C=O) groups excluding carboxylic acids is 1. The summed E-state index contributed by atoms with van der Waals surface area (Å²) in [5.41, 5.74) is 2.60. The third-order valence-corrected chi connectivity index (χ3v) is 5.45. The standard InChI is InChI=1S/C21H29BrN4O2/c1-15(2)12-20(27)24-16-6-7-19(28-11-10-26-8-4-5-9-26)17(13-16)21-18(22)14-23-25(21)3/h6-7,13-15H,4-5,8-12H2,1-3H3,(H,24,27). The molecule has 1 fully saturated rings. The number of rotatable bonds is 8. The molecule has 1 aliphatic rings. The van der Waals surface area contributed by atoms with E-state index in [2.05, 4.69) is 31.2 Å². The van der Waals surface area contributed by atoms with Crippen molar-refractivity contribution in [3.05, 3.63) is 28.9 Å². The third-order valence-electron chi connectivity index (χ3n) is 4.87. The Bertz CT molecular complexity index is 793. The summed E-state index contributed by atoms with van der Waals surface area (Å²) in [6.07, 6.45) is 4.82. The number of hydrogen-bond acceptors (Lipinski definition) is 4. The van der Waals surface area contributed by atoms with Gasteiger partial charge in [0.25, 0.3) is 0 Å². The van der Waals surface area contributed by atoms with Crippen LogP contribution in [0.5, 0.6) is 5.75 Å². The number of nitrogens with zero attached hydrogens (tertiary/aromatic N) is 3. The molecule has 0 saturated carbocycles. The lowest BCUT2D eigenvalue weighted by Crippen LogP contribution is -2.25. The number of ether oxygens (including phenoxy) is 1. The SMILES string of the molecule is CC(C)CC(=O)Nc1ccc(OCCN2CCCC2)c(-c2c(Br)cnn2C)c1. The molecule has 3 rings (SSSR count). The van der Waals surface area contributed by atoms with Gasteiger partial charge in [0.05, 0.1) is 16.4 Å². The van der Waals surface area contributed by atoms with Crippen LogP contribution in [0.15, 0.2) is 28.9 Å². The number of likely N-dealkylation sites (tertiary alicyclic amines) is 1. The lowest BCUT2D eigenvalue weighted by Gasteiger charge is -2.18. The van der Waals surface area contributed by atoms with Crippen molar-refractivity contribution in [2.24, 2.45) is 13.0 Å². The first-order valence-electron chi connectivity index (χ1n) is 9.91. The van der Waals surface area contributed by atoms with E-state index in [0.717, 1.165) is 46.8 Å². The molecular weight excluding hydrogens is 420 g/mol. The molecule has 7 heteroatoms. The maximum Gasteiger partial charge on any atom is 0.224 e. The highest BCUT2D eigenvalue weighted by Crippen LogP contribution is 2.36. The van der Waals surface area contributed by atoms with Gasteiger partial charge in [-0.1, -0.05) is 13.8 Å². The van der Waals surface area contributed by atoms with Gasteiger partial charge in [-0.05, 0) is 66.0 Å². The van der Waals surface area contributed by atoms with Crippen LogP contribution in [0.2, 0.25) is 0 Å². The zero-order chi connectivity index (χ0) is 20.1. The molecule has 2 aromatic rings. The molecule has 0 atom stereocenters. The number of amides is 1. The number of carbonyl (C=O) groups is 1. The van der Waals surface area contributed by atoms with E-state index in [1.165, 1.54) is 12.8 Å². The second-order valence-corrected chi connectivity index (χ2v) is 8.57. The molecule has 1 aromatic heterocycles. The summed E-state index contributed by atoms with van der Waals surface area (Å²) < 4.78 is 8.85. The van der Waals surface area contributed by atoms with E-state index < -0.39 is 0 Å². The van der Waals surface area contributed by atoms with Gasteiger partial charge in [-0.2, -0.15) is 5.10 Å². The van der Waals surface area contributed by atoms with Crippen LogP contribution in [0.1, 0.15) is 33.1 Å². The normalized spacial score (nSPS) is 14.6. The van der Waals surface area contributed by atoms with Gasteiger partial charge in [-0.15, -0.1) is 0 Å². The van der Waals surface area contributed by atoms with Gasteiger partial charge < -0.3 is 10.1 Å². The summed E-state index contributed by atoms with van der Waals surface area (Å²) in [6.45, 7) is 7.96. The van der Waals surface area contributed by atoms with Crippen molar-refractivity contribution < 1.29 is 9.53 Å². The van der Waals surface area contributed by atoms with Crippen LogP contribution in [0.3, 0.4) is 0 Å². The van der Waals surface area contributed by atoms with E-state index in [0.29, 0.717) is 18.9 Å². The molecule has 6 nitrogen and oxygen atoms in total. The zero-order valence-corrected chi connectivity index (χ0v) is 18.5. The maximum absolute atomic E-state index is 12.2. The molecule has 1 amide bonds. The van der Waals surface area contributed by atoms with Crippen molar-refractivity contribution in [3.63, 3.8) is 0 Å². The molecule has 2 heterocycles. The first-order valence-corrected chi connectivity index (χ1v) is 10.7. The van der Waals surface area contributed by atoms with Gasteiger partial charge in [0.15, 0.2) is 0 Å². The number of aryl methyl sites for hydroxylation is 1. The van der Waals surface area contributed by atoms with Crippen molar-refractivity contribution in [2.45, 2.75) is 33.1 Å². The molecule has 0 bridgehead atoms. The molecule has 0 radical (unpaired) electrons. The summed E-state index contributed by atoms with van der Waals surface area (Å²) in [4.78, 5) is 14.6. The Morgan fingerprint density at radius 3 is 2.71 bits per heavy atom. The molecule has 28 heavy (non-hydrogen) atoms.